The van der Waals surface area contributed by atoms with Gasteiger partial charge in [-0.05, 0) is 25.3 Å². The second-order valence-electron chi connectivity index (χ2n) is 3.63. The van der Waals surface area contributed by atoms with Crippen molar-refractivity contribution in [2.24, 2.45) is 5.92 Å². The van der Waals surface area contributed by atoms with Gasteiger partial charge >= 0.3 is 5.97 Å². The molecule has 1 aliphatic rings. The van der Waals surface area contributed by atoms with E-state index in [0.717, 1.165) is 13.0 Å². The van der Waals surface area contributed by atoms with Crippen molar-refractivity contribution in [2.45, 2.75) is 38.6 Å². The van der Waals surface area contributed by atoms with E-state index in [0.29, 0.717) is 6.04 Å². The number of nitrogens with one attached hydrogen (secondary N) is 1. The molecule has 0 radical (unpaired) electrons. The summed E-state index contributed by atoms with van der Waals surface area (Å²) in [6, 6.07) is 0.426. The summed E-state index contributed by atoms with van der Waals surface area (Å²) < 4.78 is 0. The maximum Gasteiger partial charge on any atom is 0.303 e. The zero-order valence-corrected chi connectivity index (χ0v) is 7.55. The van der Waals surface area contributed by atoms with E-state index < -0.39 is 5.97 Å². The number of carboxylic acids is 1. The lowest BCUT2D eigenvalue weighted by Gasteiger charge is -2.28. The fraction of sp³-hybridized carbons (Fsp3) is 0.889. The molecule has 0 amide bonds. The van der Waals surface area contributed by atoms with Crippen LogP contribution < -0.4 is 5.32 Å². The van der Waals surface area contributed by atoms with Gasteiger partial charge in [-0.2, -0.15) is 0 Å². The third kappa shape index (κ3) is 2.81. The number of aliphatic carboxylic acids is 1. The third-order valence-electron chi connectivity index (χ3n) is 2.53. The Labute approximate surface area is 73.2 Å². The molecule has 1 rings (SSSR count). The highest BCUT2D eigenvalue weighted by atomic mass is 16.4. The van der Waals surface area contributed by atoms with E-state index in [1.807, 2.05) is 6.92 Å². The molecule has 1 fully saturated rings. The van der Waals surface area contributed by atoms with Crippen LogP contribution in [0.5, 0.6) is 0 Å². The number of piperidine rings is 1. The van der Waals surface area contributed by atoms with Gasteiger partial charge in [0.2, 0.25) is 0 Å². The van der Waals surface area contributed by atoms with Gasteiger partial charge in [-0.15, -0.1) is 0 Å². The van der Waals surface area contributed by atoms with Gasteiger partial charge in [-0.25, -0.2) is 0 Å². The Morgan fingerprint density at radius 2 is 2.42 bits per heavy atom. The first-order valence-electron chi connectivity index (χ1n) is 4.65. The normalized spacial score (nSPS) is 26.6. The van der Waals surface area contributed by atoms with Gasteiger partial charge in [0.15, 0.2) is 0 Å². The van der Waals surface area contributed by atoms with E-state index in [1.54, 1.807) is 0 Å². The Morgan fingerprint density at radius 3 is 2.92 bits per heavy atom. The zero-order chi connectivity index (χ0) is 8.97. The summed E-state index contributed by atoms with van der Waals surface area (Å²) in [6.07, 6.45) is 3.89. The summed E-state index contributed by atoms with van der Waals surface area (Å²) in [4.78, 5) is 10.4. The maximum atomic E-state index is 10.4. The number of carboxylic acid groups (broad SMARTS) is 1. The van der Waals surface area contributed by atoms with Crippen LogP contribution >= 0.6 is 0 Å². The first kappa shape index (κ1) is 9.52. The van der Waals surface area contributed by atoms with Crippen molar-refractivity contribution in [1.29, 1.82) is 0 Å². The van der Waals surface area contributed by atoms with Crippen LogP contribution in [0.3, 0.4) is 0 Å². The first-order chi connectivity index (χ1) is 5.70. The van der Waals surface area contributed by atoms with Gasteiger partial charge in [0.1, 0.15) is 0 Å². The summed E-state index contributed by atoms with van der Waals surface area (Å²) >= 11 is 0. The topological polar surface area (TPSA) is 49.3 Å². The van der Waals surface area contributed by atoms with Crippen LogP contribution in [-0.4, -0.2) is 23.7 Å². The quantitative estimate of drug-likeness (QED) is 0.671. The molecule has 0 aliphatic carbocycles. The zero-order valence-electron chi connectivity index (χ0n) is 7.55. The number of hydrogen-bond acceptors (Lipinski definition) is 2. The van der Waals surface area contributed by atoms with Crippen LogP contribution in [-0.2, 0) is 4.79 Å². The molecule has 1 aliphatic heterocycles. The van der Waals surface area contributed by atoms with Crippen molar-refractivity contribution in [1.82, 2.24) is 5.32 Å². The summed E-state index contributed by atoms with van der Waals surface area (Å²) in [6.45, 7) is 3.06. The average Bonchev–Trinajstić information content (AvgIpc) is 2.05. The lowest BCUT2D eigenvalue weighted by molar-refractivity contribution is -0.138. The van der Waals surface area contributed by atoms with Gasteiger partial charge in [-0.3, -0.25) is 4.79 Å². The van der Waals surface area contributed by atoms with Gasteiger partial charge < -0.3 is 10.4 Å². The van der Waals surface area contributed by atoms with Crippen molar-refractivity contribution >= 4 is 5.97 Å². The monoisotopic (exact) mass is 171 g/mol. The van der Waals surface area contributed by atoms with Crippen LogP contribution in [0.1, 0.15) is 32.6 Å². The summed E-state index contributed by atoms with van der Waals surface area (Å²) in [7, 11) is 0. The Hall–Kier alpha value is -0.570. The minimum absolute atomic E-state index is 0.266. The molecular formula is C9H17NO2. The Kier molecular flexibility index (Phi) is 3.53. The molecule has 3 heteroatoms. The highest BCUT2D eigenvalue weighted by Gasteiger charge is 2.20. The van der Waals surface area contributed by atoms with E-state index in [-0.39, 0.29) is 12.3 Å². The lowest BCUT2D eigenvalue weighted by atomic mass is 9.91. The molecule has 0 spiro atoms. The molecule has 0 bridgehead atoms. The average molecular weight is 171 g/mol. The minimum atomic E-state index is -0.685. The highest BCUT2D eigenvalue weighted by Crippen LogP contribution is 2.17. The fourth-order valence-electron chi connectivity index (χ4n) is 1.78. The Morgan fingerprint density at radius 1 is 1.67 bits per heavy atom. The molecule has 2 N–H and O–H groups in total. The largest absolute Gasteiger partial charge is 0.481 e. The third-order valence-corrected chi connectivity index (χ3v) is 2.53. The van der Waals surface area contributed by atoms with Gasteiger partial charge in [0.05, 0.1) is 0 Å². The predicted molar refractivity (Wildman–Crippen MR) is 47.1 cm³/mol. The van der Waals surface area contributed by atoms with Crippen molar-refractivity contribution < 1.29 is 9.90 Å². The SMILES string of the molecule is C[C@@H](CC(=O)O)[C@@H]1CCCCN1. The standard InChI is InChI=1S/C9H17NO2/c1-7(6-9(11)12)8-4-2-3-5-10-8/h7-8,10H,2-6H2,1H3,(H,11,12)/t7-,8-/m0/s1. The number of rotatable bonds is 3. The van der Waals surface area contributed by atoms with Crippen molar-refractivity contribution in [3.63, 3.8) is 0 Å². The van der Waals surface area contributed by atoms with Crippen molar-refractivity contribution in [3.8, 4) is 0 Å². The molecular weight excluding hydrogens is 154 g/mol. The van der Waals surface area contributed by atoms with E-state index in [4.69, 9.17) is 5.11 Å². The number of hydrogen-bond donors (Lipinski definition) is 2. The second kappa shape index (κ2) is 4.45. The van der Waals surface area contributed by atoms with Crippen LogP contribution in [0.2, 0.25) is 0 Å². The van der Waals surface area contributed by atoms with Crippen LogP contribution in [0, 0.1) is 5.92 Å². The minimum Gasteiger partial charge on any atom is -0.481 e. The first-order valence-corrected chi connectivity index (χ1v) is 4.65. The summed E-state index contributed by atoms with van der Waals surface area (Å²) in [5, 5.41) is 11.9. The van der Waals surface area contributed by atoms with Gasteiger partial charge in [0, 0.05) is 12.5 Å². The molecule has 0 aromatic heterocycles. The van der Waals surface area contributed by atoms with Crippen LogP contribution in [0.25, 0.3) is 0 Å². The second-order valence-corrected chi connectivity index (χ2v) is 3.63. The van der Waals surface area contributed by atoms with E-state index in [2.05, 4.69) is 5.32 Å². The van der Waals surface area contributed by atoms with E-state index in [9.17, 15) is 4.79 Å². The maximum absolute atomic E-state index is 10.4. The Balaban J connectivity index is 2.29. The van der Waals surface area contributed by atoms with Crippen molar-refractivity contribution in [3.05, 3.63) is 0 Å². The van der Waals surface area contributed by atoms with Crippen molar-refractivity contribution in [2.75, 3.05) is 6.54 Å². The van der Waals surface area contributed by atoms with Crippen LogP contribution in [0.4, 0.5) is 0 Å². The van der Waals surface area contributed by atoms with E-state index in [1.165, 1.54) is 12.8 Å². The van der Waals surface area contributed by atoms with Crippen LogP contribution in [0.15, 0.2) is 0 Å². The molecule has 1 saturated heterocycles. The highest BCUT2D eigenvalue weighted by molar-refractivity contribution is 5.67. The fourth-order valence-corrected chi connectivity index (χ4v) is 1.78. The molecule has 3 nitrogen and oxygen atoms in total. The molecule has 2 atom stereocenters. The molecule has 0 aromatic rings. The van der Waals surface area contributed by atoms with Gasteiger partial charge in [0.25, 0.3) is 0 Å². The predicted octanol–water partition coefficient (Wildman–Crippen LogP) is 1.24. The molecule has 1 heterocycles. The van der Waals surface area contributed by atoms with Gasteiger partial charge in [-0.1, -0.05) is 13.3 Å². The molecule has 0 aromatic carbocycles. The molecule has 0 saturated carbocycles. The number of carbonyl (C=O) groups is 1. The summed E-state index contributed by atoms with van der Waals surface area (Å²) in [5.74, 6) is -0.419. The molecule has 12 heavy (non-hydrogen) atoms. The lowest BCUT2D eigenvalue weighted by Crippen LogP contribution is -2.39. The molecule has 70 valence electrons. The Bertz CT molecular complexity index is 153. The molecule has 0 unspecified atom stereocenters. The smallest absolute Gasteiger partial charge is 0.303 e. The van der Waals surface area contributed by atoms with E-state index >= 15 is 0 Å². The summed E-state index contributed by atoms with van der Waals surface area (Å²) in [5.41, 5.74) is 0.